The minimum absolute atomic E-state index is 0. The Kier molecular flexibility index (Phi) is 46.4. The molecule has 0 aromatic carbocycles. The van der Waals surface area contributed by atoms with E-state index in [0.717, 1.165) is 64.2 Å². The van der Waals surface area contributed by atoms with Crippen molar-refractivity contribution in [2.24, 2.45) is 0 Å². The molecule has 0 aromatic heterocycles. The van der Waals surface area contributed by atoms with E-state index in [9.17, 15) is 23.9 Å². The van der Waals surface area contributed by atoms with E-state index < -0.39 is 32.5 Å². The van der Waals surface area contributed by atoms with E-state index in [1.54, 1.807) is 0 Å². The van der Waals surface area contributed by atoms with Crippen molar-refractivity contribution in [1.29, 1.82) is 0 Å². The normalized spacial score (nSPS) is 12.2. The van der Waals surface area contributed by atoms with Gasteiger partial charge in [-0.05, 0) is 64.2 Å². The zero-order valence-corrected chi connectivity index (χ0v) is 37.7. The molecular weight excluding hydrogens is 673 g/mol. The van der Waals surface area contributed by atoms with Gasteiger partial charge in [0.05, 0.1) is 14.4 Å². The summed E-state index contributed by atoms with van der Waals surface area (Å²) in [7, 11) is -5.25. The van der Waals surface area contributed by atoms with E-state index in [1.807, 2.05) is 0 Å². The van der Waals surface area contributed by atoms with Crippen LogP contribution in [0.4, 0.5) is 0 Å². The Labute approximate surface area is 351 Å². The van der Waals surface area contributed by atoms with Crippen LogP contribution in [0.3, 0.4) is 0 Å². The molecule has 0 heterocycles. The molecule has 282 valence electrons. The van der Waals surface area contributed by atoms with E-state index in [0.29, 0.717) is 12.8 Å². The second-order valence-electron chi connectivity index (χ2n) is 13.2. The van der Waals surface area contributed by atoms with Crippen molar-refractivity contribution >= 4 is 19.8 Å². The average Bonchev–Trinajstić information content (AvgIpc) is 3.05. The Morgan fingerprint density at radius 2 is 0.860 bits per heavy atom. The molecule has 50 heavy (non-hydrogen) atoms. The smallest absolute Gasteiger partial charge is 0.790 e. The maximum atomic E-state index is 12.3. The van der Waals surface area contributed by atoms with Gasteiger partial charge < -0.3 is 28.3 Å². The molecular formula is C39H71Na2O8P. The van der Waals surface area contributed by atoms with Crippen molar-refractivity contribution in [2.45, 2.75) is 200 Å². The molecule has 0 saturated carbocycles. The molecule has 0 aromatic rings. The van der Waals surface area contributed by atoms with Crippen LogP contribution in [0.15, 0.2) is 24.3 Å². The Morgan fingerprint density at radius 3 is 1.24 bits per heavy atom. The number of allylic oxidation sites excluding steroid dienone is 4. The molecule has 0 spiro atoms. The van der Waals surface area contributed by atoms with Crippen LogP contribution in [0.25, 0.3) is 0 Å². The number of hydrogen-bond acceptors (Lipinski definition) is 8. The van der Waals surface area contributed by atoms with Crippen LogP contribution >= 0.6 is 7.82 Å². The summed E-state index contributed by atoms with van der Waals surface area (Å²) < 4.78 is 25.8. The quantitative estimate of drug-likeness (QED) is 0.0305. The molecule has 0 bridgehead atoms. The predicted octanol–water partition coefficient (Wildman–Crippen LogP) is 4.37. The first-order valence-corrected chi connectivity index (χ1v) is 21.1. The van der Waals surface area contributed by atoms with Crippen LogP contribution in [0.1, 0.15) is 194 Å². The number of unbranched alkanes of at least 4 members (excludes halogenated alkanes) is 22. The molecule has 0 unspecified atom stereocenters. The van der Waals surface area contributed by atoms with Crippen LogP contribution < -0.4 is 68.9 Å². The minimum Gasteiger partial charge on any atom is -0.790 e. The Balaban J connectivity index is -0.0000110. The summed E-state index contributed by atoms with van der Waals surface area (Å²) in [6.45, 7) is 3.47. The summed E-state index contributed by atoms with van der Waals surface area (Å²) in [4.78, 5) is 46.4. The monoisotopic (exact) mass is 744 g/mol. The maximum Gasteiger partial charge on any atom is 1.00 e. The zero-order chi connectivity index (χ0) is 35.4. The van der Waals surface area contributed by atoms with E-state index in [4.69, 9.17) is 9.47 Å². The molecule has 0 amide bonds. The summed E-state index contributed by atoms with van der Waals surface area (Å²) in [6.07, 6.45) is 38.5. The number of carbonyl (C=O) groups is 2. The van der Waals surface area contributed by atoms with Crippen LogP contribution in [-0.4, -0.2) is 31.3 Å². The van der Waals surface area contributed by atoms with Gasteiger partial charge in [0.1, 0.15) is 6.61 Å². The number of esters is 2. The first-order valence-electron chi connectivity index (χ1n) is 19.6. The molecule has 8 nitrogen and oxygen atoms in total. The zero-order valence-electron chi connectivity index (χ0n) is 32.8. The Bertz CT molecular complexity index is 850. The summed E-state index contributed by atoms with van der Waals surface area (Å²) in [6, 6.07) is 0. The van der Waals surface area contributed by atoms with Crippen LogP contribution in [0, 0.1) is 0 Å². The third-order valence-electron chi connectivity index (χ3n) is 8.43. The molecule has 0 aliphatic carbocycles. The molecule has 1 atom stereocenters. The van der Waals surface area contributed by atoms with E-state index >= 15 is 0 Å². The van der Waals surface area contributed by atoms with E-state index in [-0.39, 0.29) is 78.6 Å². The molecule has 11 heteroatoms. The van der Waals surface area contributed by atoms with Gasteiger partial charge in [-0.25, -0.2) is 0 Å². The number of carbonyl (C=O) groups excluding carboxylic acids is 2. The summed E-state index contributed by atoms with van der Waals surface area (Å²) in [5.41, 5.74) is 0. The molecule has 0 radical (unpaired) electrons. The molecule has 0 aliphatic rings. The van der Waals surface area contributed by atoms with Crippen LogP contribution in [-0.2, 0) is 28.2 Å². The van der Waals surface area contributed by atoms with Gasteiger partial charge in [0.2, 0.25) is 0 Å². The van der Waals surface area contributed by atoms with Gasteiger partial charge in [-0.1, -0.05) is 141 Å². The van der Waals surface area contributed by atoms with Crippen molar-refractivity contribution in [3.8, 4) is 0 Å². The fourth-order valence-electron chi connectivity index (χ4n) is 5.47. The second kappa shape index (κ2) is 42.3. The van der Waals surface area contributed by atoms with Crippen molar-refractivity contribution in [3.05, 3.63) is 24.3 Å². The van der Waals surface area contributed by atoms with Crippen molar-refractivity contribution < 1.29 is 97.1 Å². The standard InChI is InChI=1S/C39H73O8P.2Na/c1-3-5-7-9-11-13-15-17-19-21-23-25-27-29-31-33-38(40)45-35-37(36-46-48(42,43)44)47-39(41)34-32-30-28-26-24-22-20-18-16-14-12-10-8-6-4-2;;/h17-20,37H,3-16,21-36H2,1-2H3,(H2,42,43,44);;/q;2*+1/p-2/b19-17-,20-18-;;/t37-;;/m1../s1. The Morgan fingerprint density at radius 1 is 0.520 bits per heavy atom. The van der Waals surface area contributed by atoms with E-state index in [1.165, 1.54) is 89.9 Å². The van der Waals surface area contributed by atoms with Gasteiger partial charge in [0, 0.05) is 12.8 Å². The van der Waals surface area contributed by atoms with Gasteiger partial charge in [-0.3, -0.25) is 9.59 Å². The molecule has 0 N–H and O–H groups in total. The molecule has 0 rings (SSSR count). The fourth-order valence-corrected chi connectivity index (χ4v) is 5.82. The first-order chi connectivity index (χ1) is 23.3. The van der Waals surface area contributed by atoms with Crippen LogP contribution in [0.5, 0.6) is 0 Å². The number of phosphoric ester groups is 1. The van der Waals surface area contributed by atoms with Crippen molar-refractivity contribution in [1.82, 2.24) is 0 Å². The fraction of sp³-hybridized carbons (Fsp3) is 0.846. The maximum absolute atomic E-state index is 12.3. The largest absolute Gasteiger partial charge is 1.00 e. The molecule has 0 aliphatic heterocycles. The van der Waals surface area contributed by atoms with Gasteiger partial charge in [-0.2, -0.15) is 0 Å². The Hall–Kier alpha value is 0.530. The summed E-state index contributed by atoms with van der Waals surface area (Å²) >= 11 is 0. The molecule has 0 fully saturated rings. The second-order valence-corrected chi connectivity index (χ2v) is 14.4. The predicted molar refractivity (Wildman–Crippen MR) is 193 cm³/mol. The minimum atomic E-state index is -5.25. The van der Waals surface area contributed by atoms with Crippen LogP contribution in [0.2, 0.25) is 0 Å². The van der Waals surface area contributed by atoms with Crippen molar-refractivity contribution in [2.75, 3.05) is 13.2 Å². The van der Waals surface area contributed by atoms with Crippen molar-refractivity contribution in [3.63, 3.8) is 0 Å². The number of phosphoric acid groups is 1. The summed E-state index contributed by atoms with van der Waals surface area (Å²) in [5, 5.41) is 0. The van der Waals surface area contributed by atoms with Gasteiger partial charge in [0.25, 0.3) is 0 Å². The SMILES string of the molecule is CCCCCCCC/C=C\CCCCCCCC(=O)OC[C@H](COP(=O)([O-])[O-])OC(=O)CCCCCCC/C=C\CCCCCCCC.[Na+].[Na+]. The van der Waals surface area contributed by atoms with E-state index in [2.05, 4.69) is 42.7 Å². The topological polar surface area (TPSA) is 125 Å². The third kappa shape index (κ3) is 44.7. The summed E-state index contributed by atoms with van der Waals surface area (Å²) in [5.74, 6) is -0.973. The van der Waals surface area contributed by atoms with Gasteiger partial charge >= 0.3 is 71.1 Å². The van der Waals surface area contributed by atoms with Gasteiger partial charge in [-0.15, -0.1) is 0 Å². The average molecular weight is 745 g/mol. The first kappa shape index (κ1) is 54.9. The third-order valence-corrected chi connectivity index (χ3v) is 8.90. The number of rotatable bonds is 36. The number of ether oxygens (including phenoxy) is 2. The number of hydrogen-bond donors (Lipinski definition) is 0. The molecule has 0 saturated heterocycles. The van der Waals surface area contributed by atoms with Gasteiger partial charge in [0.15, 0.2) is 6.10 Å².